The van der Waals surface area contributed by atoms with Crippen LogP contribution in [0.1, 0.15) is 22.5 Å². The Morgan fingerprint density at radius 1 is 1.37 bits per heavy atom. The van der Waals surface area contributed by atoms with Gasteiger partial charge in [-0.2, -0.15) is 5.10 Å². The van der Waals surface area contributed by atoms with Crippen LogP contribution in [-0.4, -0.2) is 19.8 Å². The van der Waals surface area contributed by atoms with Gasteiger partial charge in [-0.1, -0.05) is 12.2 Å². The van der Waals surface area contributed by atoms with Crippen LogP contribution in [-0.2, 0) is 7.05 Å². The largest absolute Gasteiger partial charge is 0.389 e. The highest BCUT2D eigenvalue weighted by Crippen LogP contribution is 2.24. The van der Waals surface area contributed by atoms with Gasteiger partial charge in [0.15, 0.2) is 0 Å². The van der Waals surface area contributed by atoms with Gasteiger partial charge in [0, 0.05) is 18.9 Å². The van der Waals surface area contributed by atoms with Gasteiger partial charge in [-0.3, -0.25) is 4.68 Å². The van der Waals surface area contributed by atoms with Crippen molar-refractivity contribution < 1.29 is 0 Å². The molecular formula is C13H17N5S. The fourth-order valence-electron chi connectivity index (χ4n) is 2.09. The summed E-state index contributed by atoms with van der Waals surface area (Å²) in [6, 6.07) is 1.97. The van der Waals surface area contributed by atoms with Crippen LogP contribution >= 0.6 is 12.2 Å². The summed E-state index contributed by atoms with van der Waals surface area (Å²) in [6.45, 7) is 5.85. The summed E-state index contributed by atoms with van der Waals surface area (Å²) in [5, 5.41) is 7.55. The molecule has 0 spiro atoms. The Balaban J connectivity index is 2.50. The normalized spacial score (nSPS) is 10.5. The molecule has 100 valence electrons. The maximum absolute atomic E-state index is 5.79. The lowest BCUT2D eigenvalue weighted by Crippen LogP contribution is -2.15. The summed E-state index contributed by atoms with van der Waals surface area (Å²) in [7, 11) is 1.88. The molecule has 0 aliphatic carbocycles. The fraction of sp³-hybridized carbons (Fsp3) is 0.308. The maximum atomic E-state index is 5.79. The second kappa shape index (κ2) is 4.97. The van der Waals surface area contributed by atoms with Gasteiger partial charge in [0.25, 0.3) is 0 Å². The van der Waals surface area contributed by atoms with Gasteiger partial charge in [-0.05, 0) is 32.4 Å². The molecule has 0 saturated carbocycles. The van der Waals surface area contributed by atoms with Crippen molar-refractivity contribution in [3.05, 3.63) is 34.8 Å². The number of anilines is 2. The predicted octanol–water partition coefficient (Wildman–Crippen LogP) is 2.12. The maximum Gasteiger partial charge on any atom is 0.141 e. The molecule has 0 fully saturated rings. The molecule has 6 heteroatoms. The first-order valence-electron chi connectivity index (χ1n) is 5.94. The lowest BCUT2D eigenvalue weighted by Gasteiger charge is -2.13. The van der Waals surface area contributed by atoms with Crippen molar-refractivity contribution in [3.63, 3.8) is 0 Å². The van der Waals surface area contributed by atoms with E-state index in [1.807, 2.05) is 40.1 Å². The third kappa shape index (κ3) is 2.73. The Kier molecular flexibility index (Phi) is 3.53. The van der Waals surface area contributed by atoms with Gasteiger partial charge in [0.2, 0.25) is 0 Å². The van der Waals surface area contributed by atoms with Gasteiger partial charge in [0.1, 0.15) is 10.8 Å². The number of thiocarbonyl (C=S) groups is 1. The van der Waals surface area contributed by atoms with Gasteiger partial charge < -0.3 is 11.1 Å². The minimum absolute atomic E-state index is 0.342. The van der Waals surface area contributed by atoms with Crippen LogP contribution in [0.2, 0.25) is 0 Å². The van der Waals surface area contributed by atoms with Crippen molar-refractivity contribution in [1.82, 2.24) is 14.8 Å². The average molecular weight is 275 g/mol. The number of aryl methyl sites for hydroxylation is 4. The molecule has 2 rings (SSSR count). The molecule has 0 aromatic carbocycles. The Bertz CT molecular complexity index is 645. The van der Waals surface area contributed by atoms with Gasteiger partial charge in [-0.15, -0.1) is 0 Å². The first-order valence-corrected chi connectivity index (χ1v) is 6.34. The van der Waals surface area contributed by atoms with Crippen molar-refractivity contribution in [3.8, 4) is 0 Å². The molecule has 2 aromatic heterocycles. The molecule has 2 aromatic rings. The third-order valence-electron chi connectivity index (χ3n) is 2.86. The highest BCUT2D eigenvalue weighted by molar-refractivity contribution is 7.80. The highest BCUT2D eigenvalue weighted by atomic mass is 32.1. The zero-order valence-corrected chi connectivity index (χ0v) is 12.3. The molecule has 0 aliphatic rings. The summed E-state index contributed by atoms with van der Waals surface area (Å²) in [5.74, 6) is 0.682. The highest BCUT2D eigenvalue weighted by Gasteiger charge is 2.13. The molecule has 0 saturated heterocycles. The number of nitrogens with one attached hydrogen (secondary N) is 1. The SMILES string of the molecule is Cc1cc(C)c(C(N)=S)c(Nc2cn(C)nc2C)n1. The minimum Gasteiger partial charge on any atom is -0.389 e. The molecule has 0 bridgehead atoms. The van der Waals surface area contributed by atoms with Crippen LogP contribution < -0.4 is 11.1 Å². The molecule has 19 heavy (non-hydrogen) atoms. The van der Waals surface area contributed by atoms with Crippen molar-refractivity contribution >= 4 is 28.7 Å². The van der Waals surface area contributed by atoms with E-state index in [1.165, 1.54) is 0 Å². The lowest BCUT2D eigenvalue weighted by atomic mass is 10.1. The zero-order chi connectivity index (χ0) is 14.2. The van der Waals surface area contributed by atoms with E-state index in [0.29, 0.717) is 10.8 Å². The number of nitrogens with zero attached hydrogens (tertiary/aromatic N) is 3. The molecule has 5 nitrogen and oxygen atoms in total. The monoisotopic (exact) mass is 275 g/mol. The van der Waals surface area contributed by atoms with Crippen molar-refractivity contribution in [2.75, 3.05) is 5.32 Å². The van der Waals surface area contributed by atoms with Gasteiger partial charge >= 0.3 is 0 Å². The van der Waals surface area contributed by atoms with Crippen LogP contribution in [0.25, 0.3) is 0 Å². The summed E-state index contributed by atoms with van der Waals surface area (Å²) in [4.78, 5) is 4.83. The molecule has 3 N–H and O–H groups in total. The van der Waals surface area contributed by atoms with E-state index in [2.05, 4.69) is 15.4 Å². The van der Waals surface area contributed by atoms with E-state index in [0.717, 1.165) is 28.2 Å². The Labute approximate surface area is 117 Å². The molecule has 2 heterocycles. The smallest absolute Gasteiger partial charge is 0.141 e. The summed E-state index contributed by atoms with van der Waals surface area (Å²) < 4.78 is 1.75. The Morgan fingerprint density at radius 3 is 2.58 bits per heavy atom. The quantitative estimate of drug-likeness (QED) is 0.840. The van der Waals surface area contributed by atoms with Crippen LogP contribution in [0.5, 0.6) is 0 Å². The lowest BCUT2D eigenvalue weighted by molar-refractivity contribution is 0.756. The minimum atomic E-state index is 0.342. The topological polar surface area (TPSA) is 68.8 Å². The average Bonchev–Trinajstić information content (AvgIpc) is 2.55. The number of pyridine rings is 1. The second-order valence-electron chi connectivity index (χ2n) is 4.60. The second-order valence-corrected chi connectivity index (χ2v) is 5.04. The zero-order valence-electron chi connectivity index (χ0n) is 11.5. The van der Waals surface area contributed by atoms with Crippen molar-refractivity contribution in [2.45, 2.75) is 20.8 Å². The molecule has 0 radical (unpaired) electrons. The predicted molar refractivity (Wildman–Crippen MR) is 80.8 cm³/mol. The van der Waals surface area contributed by atoms with Gasteiger partial charge in [-0.25, -0.2) is 4.98 Å². The van der Waals surface area contributed by atoms with Crippen LogP contribution in [0.4, 0.5) is 11.5 Å². The standard InChI is InChI=1S/C13H17N5S/c1-7-5-8(2)15-13(11(7)12(14)19)16-10-6-18(4)17-9(10)3/h5-6H,1-4H3,(H2,14,19)(H,15,16). The number of rotatable bonds is 3. The Hall–Kier alpha value is -1.95. The fourth-order valence-corrected chi connectivity index (χ4v) is 2.35. The van der Waals surface area contributed by atoms with E-state index in [4.69, 9.17) is 18.0 Å². The van der Waals surface area contributed by atoms with Crippen molar-refractivity contribution in [2.24, 2.45) is 12.8 Å². The van der Waals surface area contributed by atoms with Crippen molar-refractivity contribution in [1.29, 1.82) is 0 Å². The van der Waals surface area contributed by atoms with E-state index in [-0.39, 0.29) is 0 Å². The number of nitrogens with two attached hydrogens (primary N) is 1. The van der Waals surface area contributed by atoms with E-state index in [1.54, 1.807) is 4.68 Å². The third-order valence-corrected chi connectivity index (χ3v) is 3.06. The first-order chi connectivity index (χ1) is 8.88. The number of aromatic nitrogens is 3. The molecule has 0 unspecified atom stereocenters. The first kappa shape index (κ1) is 13.5. The molecule has 0 amide bonds. The summed E-state index contributed by atoms with van der Waals surface area (Å²) in [5.41, 5.74) is 10.3. The van der Waals surface area contributed by atoms with E-state index < -0.39 is 0 Å². The van der Waals surface area contributed by atoms with Crippen LogP contribution in [0.15, 0.2) is 12.3 Å². The van der Waals surface area contributed by atoms with Gasteiger partial charge in [0.05, 0.1) is 16.9 Å². The number of hydrogen-bond donors (Lipinski definition) is 2. The molecule has 0 aliphatic heterocycles. The van der Waals surface area contributed by atoms with E-state index >= 15 is 0 Å². The summed E-state index contributed by atoms with van der Waals surface area (Å²) in [6.07, 6.45) is 1.90. The summed E-state index contributed by atoms with van der Waals surface area (Å²) >= 11 is 5.11. The number of hydrogen-bond acceptors (Lipinski definition) is 4. The molecule has 0 atom stereocenters. The van der Waals surface area contributed by atoms with Crippen LogP contribution in [0, 0.1) is 20.8 Å². The molecular weight excluding hydrogens is 258 g/mol. The van der Waals surface area contributed by atoms with E-state index in [9.17, 15) is 0 Å². The Morgan fingerprint density at radius 2 is 2.05 bits per heavy atom. The van der Waals surface area contributed by atoms with Crippen LogP contribution in [0.3, 0.4) is 0 Å².